The minimum absolute atomic E-state index is 0.170. The third kappa shape index (κ3) is 3.51. The van der Waals surface area contributed by atoms with Crippen molar-refractivity contribution in [2.45, 2.75) is 13.8 Å². The zero-order valence-corrected chi connectivity index (χ0v) is 16.7. The highest BCUT2D eigenvalue weighted by Crippen LogP contribution is 2.37. The first kappa shape index (κ1) is 18.3. The maximum absolute atomic E-state index is 12.7. The summed E-state index contributed by atoms with van der Waals surface area (Å²) >= 11 is 3.33. The summed E-state index contributed by atoms with van der Waals surface area (Å²) in [5, 5.41) is 0. The van der Waals surface area contributed by atoms with E-state index in [4.69, 9.17) is 13.9 Å². The lowest BCUT2D eigenvalue weighted by molar-refractivity contribution is 0.0734. The molecule has 6 heteroatoms. The van der Waals surface area contributed by atoms with Gasteiger partial charge in [-0.1, -0.05) is 15.9 Å². The van der Waals surface area contributed by atoms with E-state index < -0.39 is 5.97 Å². The van der Waals surface area contributed by atoms with Crippen LogP contribution in [0.1, 0.15) is 37.8 Å². The Morgan fingerprint density at radius 1 is 1.07 bits per heavy atom. The van der Waals surface area contributed by atoms with E-state index in [-0.39, 0.29) is 11.5 Å². The summed E-state index contributed by atoms with van der Waals surface area (Å²) in [6.45, 7) is 3.60. The summed E-state index contributed by atoms with van der Waals surface area (Å²) in [6, 6.07) is 13.6. The van der Waals surface area contributed by atoms with Gasteiger partial charge in [0.2, 0.25) is 5.78 Å². The van der Waals surface area contributed by atoms with Gasteiger partial charge in [0.15, 0.2) is 5.76 Å². The highest BCUT2D eigenvalue weighted by molar-refractivity contribution is 9.10. The quantitative estimate of drug-likeness (QED) is 0.307. The molecule has 1 aliphatic heterocycles. The molecule has 0 N–H and O–H groups in total. The van der Waals surface area contributed by atoms with Crippen molar-refractivity contribution >= 4 is 33.8 Å². The van der Waals surface area contributed by atoms with Crippen molar-refractivity contribution in [3.63, 3.8) is 0 Å². The Hall–Kier alpha value is -3.12. The molecule has 140 valence electrons. The van der Waals surface area contributed by atoms with Crippen molar-refractivity contribution in [3.05, 3.63) is 87.0 Å². The Morgan fingerprint density at radius 3 is 2.50 bits per heavy atom. The normalized spacial score (nSPS) is 14.1. The number of hydrogen-bond donors (Lipinski definition) is 0. The van der Waals surface area contributed by atoms with E-state index in [9.17, 15) is 9.59 Å². The molecule has 28 heavy (non-hydrogen) atoms. The monoisotopic (exact) mass is 438 g/mol. The maximum atomic E-state index is 12.7. The number of hydrogen-bond acceptors (Lipinski definition) is 5. The zero-order chi connectivity index (χ0) is 19.8. The molecule has 0 aliphatic carbocycles. The number of Topliss-reactive ketones (excluding diaryl/α,β-unsaturated/α-hetero) is 1. The lowest BCUT2D eigenvalue weighted by Gasteiger charge is -2.08. The number of furan rings is 1. The van der Waals surface area contributed by atoms with E-state index in [1.54, 1.807) is 55.5 Å². The number of allylic oxidation sites excluding steroid dienone is 1. The van der Waals surface area contributed by atoms with Crippen LogP contribution in [0.15, 0.2) is 63.2 Å². The molecule has 0 spiro atoms. The standard InChI is InChI=1S/C22H15BrO5/c1-12-9-17(27-22(25)14-4-6-15(23)7-5-14)11-18-20(12)21(24)19(28-18)10-16-8-3-13(2)26-16/h3-11H,1-2H3/b19-10-. The van der Waals surface area contributed by atoms with Gasteiger partial charge >= 0.3 is 5.97 Å². The zero-order valence-electron chi connectivity index (χ0n) is 15.1. The predicted molar refractivity (Wildman–Crippen MR) is 107 cm³/mol. The minimum Gasteiger partial charge on any atom is -0.462 e. The van der Waals surface area contributed by atoms with E-state index in [1.165, 1.54) is 0 Å². The van der Waals surface area contributed by atoms with Crippen LogP contribution in [0.25, 0.3) is 6.08 Å². The molecule has 3 aromatic rings. The number of carbonyl (C=O) groups excluding carboxylic acids is 2. The molecule has 0 atom stereocenters. The first-order valence-electron chi connectivity index (χ1n) is 8.54. The lowest BCUT2D eigenvalue weighted by atomic mass is 10.0. The van der Waals surface area contributed by atoms with Gasteiger partial charge in [0.05, 0.1) is 11.1 Å². The van der Waals surface area contributed by atoms with E-state index in [0.29, 0.717) is 33.9 Å². The summed E-state index contributed by atoms with van der Waals surface area (Å²) in [5.41, 5.74) is 1.55. The Balaban J connectivity index is 1.60. The van der Waals surface area contributed by atoms with Gasteiger partial charge in [-0.15, -0.1) is 0 Å². The number of fused-ring (bicyclic) bond motifs is 1. The molecule has 0 amide bonds. The fourth-order valence-corrected chi connectivity index (χ4v) is 3.21. The largest absolute Gasteiger partial charge is 0.462 e. The van der Waals surface area contributed by atoms with Crippen LogP contribution >= 0.6 is 15.9 Å². The summed E-state index contributed by atoms with van der Waals surface area (Å²) < 4.78 is 17.5. The second kappa shape index (κ2) is 7.13. The number of esters is 1. The lowest BCUT2D eigenvalue weighted by Crippen LogP contribution is -2.08. The molecule has 0 bridgehead atoms. The van der Waals surface area contributed by atoms with Gasteiger partial charge in [-0.25, -0.2) is 4.79 Å². The van der Waals surface area contributed by atoms with Crippen molar-refractivity contribution in [1.29, 1.82) is 0 Å². The molecule has 0 fully saturated rings. The van der Waals surface area contributed by atoms with E-state index in [1.807, 2.05) is 13.0 Å². The van der Waals surface area contributed by atoms with Gasteiger partial charge in [0, 0.05) is 16.6 Å². The number of carbonyl (C=O) groups is 2. The van der Waals surface area contributed by atoms with E-state index in [2.05, 4.69) is 15.9 Å². The second-order valence-electron chi connectivity index (χ2n) is 6.40. The molecule has 1 aliphatic rings. The maximum Gasteiger partial charge on any atom is 0.343 e. The number of benzene rings is 2. The fraction of sp³-hybridized carbons (Fsp3) is 0.0909. The number of ketones is 1. The Morgan fingerprint density at radius 2 is 1.82 bits per heavy atom. The Kier molecular flexibility index (Phi) is 4.65. The van der Waals surface area contributed by atoms with Crippen LogP contribution in [0, 0.1) is 13.8 Å². The third-order valence-corrected chi connectivity index (χ3v) is 4.80. The highest BCUT2D eigenvalue weighted by atomic mass is 79.9. The molecular weight excluding hydrogens is 424 g/mol. The summed E-state index contributed by atoms with van der Waals surface area (Å²) in [5.74, 6) is 1.40. The van der Waals surface area contributed by atoms with Gasteiger partial charge in [0.25, 0.3) is 0 Å². The molecule has 0 saturated heterocycles. The predicted octanol–water partition coefficient (Wildman–Crippen LogP) is 5.49. The first-order chi connectivity index (χ1) is 13.4. The van der Waals surface area contributed by atoms with Crippen molar-refractivity contribution in [2.24, 2.45) is 0 Å². The Labute approximate surface area is 169 Å². The number of aryl methyl sites for hydroxylation is 2. The Bertz CT molecular complexity index is 1120. The second-order valence-corrected chi connectivity index (χ2v) is 7.31. The number of ether oxygens (including phenoxy) is 2. The molecule has 0 unspecified atom stereocenters. The van der Waals surface area contributed by atoms with Crippen LogP contribution in [-0.4, -0.2) is 11.8 Å². The van der Waals surface area contributed by atoms with Crippen LogP contribution in [0.4, 0.5) is 0 Å². The average molecular weight is 439 g/mol. The molecule has 0 saturated carbocycles. The summed E-state index contributed by atoms with van der Waals surface area (Å²) in [6.07, 6.45) is 1.56. The van der Waals surface area contributed by atoms with Crippen LogP contribution in [0.2, 0.25) is 0 Å². The third-order valence-electron chi connectivity index (χ3n) is 4.27. The molecule has 2 aromatic carbocycles. The minimum atomic E-state index is -0.488. The average Bonchev–Trinajstić information content (AvgIpc) is 3.19. The SMILES string of the molecule is Cc1ccc(/C=C2\Oc3cc(OC(=O)c4ccc(Br)cc4)cc(C)c3C2=O)o1. The van der Waals surface area contributed by atoms with Gasteiger partial charge in [-0.3, -0.25) is 4.79 Å². The number of rotatable bonds is 3. The summed E-state index contributed by atoms with van der Waals surface area (Å²) in [7, 11) is 0. The van der Waals surface area contributed by atoms with Gasteiger partial charge in [0.1, 0.15) is 23.0 Å². The first-order valence-corrected chi connectivity index (χ1v) is 9.33. The molecule has 5 nitrogen and oxygen atoms in total. The number of halogens is 1. The van der Waals surface area contributed by atoms with Crippen LogP contribution < -0.4 is 9.47 Å². The topological polar surface area (TPSA) is 65.7 Å². The van der Waals surface area contributed by atoms with Gasteiger partial charge < -0.3 is 13.9 Å². The van der Waals surface area contributed by atoms with E-state index >= 15 is 0 Å². The van der Waals surface area contributed by atoms with Crippen LogP contribution in [-0.2, 0) is 0 Å². The molecule has 2 heterocycles. The van der Waals surface area contributed by atoms with Crippen molar-refractivity contribution in [1.82, 2.24) is 0 Å². The van der Waals surface area contributed by atoms with Crippen molar-refractivity contribution < 1.29 is 23.5 Å². The molecular formula is C22H15BrO5. The van der Waals surface area contributed by atoms with Gasteiger partial charge in [-0.05, 0) is 61.9 Å². The van der Waals surface area contributed by atoms with Gasteiger partial charge in [-0.2, -0.15) is 0 Å². The van der Waals surface area contributed by atoms with Crippen molar-refractivity contribution in [3.8, 4) is 11.5 Å². The van der Waals surface area contributed by atoms with Crippen LogP contribution in [0.5, 0.6) is 11.5 Å². The highest BCUT2D eigenvalue weighted by Gasteiger charge is 2.30. The summed E-state index contributed by atoms with van der Waals surface area (Å²) in [4.78, 5) is 25.0. The van der Waals surface area contributed by atoms with E-state index in [0.717, 1.165) is 10.2 Å². The molecule has 0 radical (unpaired) electrons. The van der Waals surface area contributed by atoms with Crippen molar-refractivity contribution in [2.75, 3.05) is 0 Å². The van der Waals surface area contributed by atoms with Crippen LogP contribution in [0.3, 0.4) is 0 Å². The molecule has 4 rings (SSSR count). The smallest absolute Gasteiger partial charge is 0.343 e. The molecule has 1 aromatic heterocycles. The fourth-order valence-electron chi connectivity index (χ4n) is 2.95.